The Bertz CT molecular complexity index is 294. The highest BCUT2D eigenvalue weighted by Gasteiger charge is 2.05. The van der Waals surface area contributed by atoms with Crippen molar-refractivity contribution in [3.63, 3.8) is 0 Å². The standard InChI is InChI=1S/C9H10Br3NS/c1-14-3-2-13-9-7(11)4-6(10)5-8(9)12/h4-5,13H,2-3H2,1H3. The zero-order valence-electron chi connectivity index (χ0n) is 7.61. The molecule has 0 aromatic heterocycles. The van der Waals surface area contributed by atoms with Crippen molar-refractivity contribution in [3.05, 3.63) is 25.6 Å². The van der Waals surface area contributed by atoms with Gasteiger partial charge < -0.3 is 5.32 Å². The highest BCUT2D eigenvalue weighted by atomic mass is 79.9. The van der Waals surface area contributed by atoms with Crippen LogP contribution < -0.4 is 5.32 Å². The third kappa shape index (κ3) is 3.76. The van der Waals surface area contributed by atoms with Crippen molar-refractivity contribution < 1.29 is 0 Å². The van der Waals surface area contributed by atoms with Gasteiger partial charge in [0, 0.05) is 25.7 Å². The van der Waals surface area contributed by atoms with Crippen LogP contribution in [-0.4, -0.2) is 18.6 Å². The highest BCUT2D eigenvalue weighted by Crippen LogP contribution is 2.34. The first-order valence-electron chi connectivity index (χ1n) is 4.02. The Balaban J connectivity index is 2.75. The lowest BCUT2D eigenvalue weighted by molar-refractivity contribution is 1.22. The van der Waals surface area contributed by atoms with Crippen LogP contribution in [0.15, 0.2) is 25.6 Å². The van der Waals surface area contributed by atoms with Crippen molar-refractivity contribution in [2.45, 2.75) is 0 Å². The van der Waals surface area contributed by atoms with Gasteiger partial charge >= 0.3 is 0 Å². The number of hydrogen-bond donors (Lipinski definition) is 1. The molecule has 14 heavy (non-hydrogen) atoms. The Labute approximate surface area is 114 Å². The number of rotatable bonds is 4. The van der Waals surface area contributed by atoms with Gasteiger partial charge in [0.1, 0.15) is 0 Å². The van der Waals surface area contributed by atoms with Gasteiger partial charge in [-0.2, -0.15) is 11.8 Å². The summed E-state index contributed by atoms with van der Waals surface area (Å²) in [4.78, 5) is 0. The van der Waals surface area contributed by atoms with Crippen LogP contribution in [0.4, 0.5) is 5.69 Å². The maximum Gasteiger partial charge on any atom is 0.0630 e. The van der Waals surface area contributed by atoms with E-state index in [0.717, 1.165) is 31.4 Å². The van der Waals surface area contributed by atoms with E-state index in [0.29, 0.717) is 0 Å². The van der Waals surface area contributed by atoms with Gasteiger partial charge in [0.25, 0.3) is 0 Å². The van der Waals surface area contributed by atoms with Gasteiger partial charge in [-0.25, -0.2) is 0 Å². The Morgan fingerprint density at radius 3 is 2.29 bits per heavy atom. The molecular formula is C9H10Br3NS. The molecule has 0 saturated heterocycles. The van der Waals surface area contributed by atoms with Crippen molar-refractivity contribution in [2.24, 2.45) is 0 Å². The number of halogens is 3. The minimum atomic E-state index is 0.972. The number of anilines is 1. The minimum Gasteiger partial charge on any atom is -0.382 e. The van der Waals surface area contributed by atoms with Gasteiger partial charge in [0.15, 0.2) is 0 Å². The molecule has 5 heteroatoms. The molecular weight excluding hydrogens is 394 g/mol. The Hall–Kier alpha value is 0.810. The summed E-state index contributed by atoms with van der Waals surface area (Å²) >= 11 is 12.3. The molecule has 0 heterocycles. The fourth-order valence-electron chi connectivity index (χ4n) is 0.989. The molecule has 0 aliphatic rings. The van der Waals surface area contributed by atoms with Crippen molar-refractivity contribution in [1.29, 1.82) is 0 Å². The summed E-state index contributed by atoms with van der Waals surface area (Å²) < 4.78 is 3.20. The summed E-state index contributed by atoms with van der Waals surface area (Å²) in [6, 6.07) is 4.07. The predicted molar refractivity (Wildman–Crippen MR) is 76.4 cm³/mol. The zero-order chi connectivity index (χ0) is 10.6. The molecule has 0 spiro atoms. The summed E-state index contributed by atoms with van der Waals surface area (Å²) in [5, 5.41) is 3.37. The first-order valence-corrected chi connectivity index (χ1v) is 7.79. The summed E-state index contributed by atoms with van der Waals surface area (Å²) in [7, 11) is 0. The van der Waals surface area contributed by atoms with Crippen LogP contribution in [-0.2, 0) is 0 Å². The molecule has 0 amide bonds. The average Bonchev–Trinajstić information content (AvgIpc) is 2.09. The molecule has 0 radical (unpaired) electrons. The third-order valence-electron chi connectivity index (χ3n) is 1.61. The van der Waals surface area contributed by atoms with Crippen LogP contribution in [0.25, 0.3) is 0 Å². The molecule has 0 atom stereocenters. The lowest BCUT2D eigenvalue weighted by atomic mass is 10.3. The maximum atomic E-state index is 3.52. The van der Waals surface area contributed by atoms with Crippen molar-refractivity contribution in [1.82, 2.24) is 0 Å². The predicted octanol–water partition coefficient (Wildman–Crippen LogP) is 4.75. The van der Waals surface area contributed by atoms with E-state index in [2.05, 4.69) is 59.4 Å². The van der Waals surface area contributed by atoms with Gasteiger partial charge in [0.2, 0.25) is 0 Å². The topological polar surface area (TPSA) is 12.0 Å². The molecule has 0 bridgehead atoms. The van der Waals surface area contributed by atoms with Gasteiger partial charge in [-0.15, -0.1) is 0 Å². The molecule has 0 fully saturated rings. The average molecular weight is 404 g/mol. The number of thioether (sulfide) groups is 1. The van der Waals surface area contributed by atoms with E-state index >= 15 is 0 Å². The molecule has 1 rings (SSSR count). The summed E-state index contributed by atoms with van der Waals surface area (Å²) in [6.45, 7) is 0.972. The summed E-state index contributed by atoms with van der Waals surface area (Å²) in [6.07, 6.45) is 2.10. The lowest BCUT2D eigenvalue weighted by Gasteiger charge is -2.10. The molecule has 0 unspecified atom stereocenters. The van der Waals surface area contributed by atoms with Crippen molar-refractivity contribution in [3.8, 4) is 0 Å². The number of hydrogen-bond acceptors (Lipinski definition) is 2. The second-order valence-corrected chi connectivity index (χ2v) is 6.27. The van der Waals surface area contributed by atoms with Gasteiger partial charge in [-0.05, 0) is 50.2 Å². The van der Waals surface area contributed by atoms with E-state index < -0.39 is 0 Å². The SMILES string of the molecule is CSCCNc1c(Br)cc(Br)cc1Br. The fourth-order valence-corrected chi connectivity index (χ4v) is 3.83. The van der Waals surface area contributed by atoms with Gasteiger partial charge in [-0.1, -0.05) is 15.9 Å². The quantitative estimate of drug-likeness (QED) is 0.728. The second kappa shape index (κ2) is 6.40. The monoisotopic (exact) mass is 401 g/mol. The molecule has 1 N–H and O–H groups in total. The lowest BCUT2D eigenvalue weighted by Crippen LogP contribution is -2.04. The van der Waals surface area contributed by atoms with Crippen LogP contribution in [0.2, 0.25) is 0 Å². The Morgan fingerprint density at radius 2 is 1.79 bits per heavy atom. The second-order valence-electron chi connectivity index (χ2n) is 2.66. The van der Waals surface area contributed by atoms with Crippen LogP contribution in [0.5, 0.6) is 0 Å². The Kier molecular flexibility index (Phi) is 5.89. The molecule has 1 aromatic carbocycles. The van der Waals surface area contributed by atoms with Crippen LogP contribution in [0, 0.1) is 0 Å². The molecule has 1 nitrogen and oxygen atoms in total. The van der Waals surface area contributed by atoms with E-state index in [1.807, 2.05) is 23.9 Å². The van der Waals surface area contributed by atoms with E-state index in [1.54, 1.807) is 0 Å². The number of benzene rings is 1. The normalized spacial score (nSPS) is 10.3. The largest absolute Gasteiger partial charge is 0.382 e. The zero-order valence-corrected chi connectivity index (χ0v) is 13.2. The first kappa shape index (κ1) is 12.9. The maximum absolute atomic E-state index is 3.52. The Morgan fingerprint density at radius 1 is 1.21 bits per heavy atom. The van der Waals surface area contributed by atoms with Crippen molar-refractivity contribution in [2.75, 3.05) is 23.9 Å². The first-order chi connectivity index (χ1) is 6.65. The van der Waals surface area contributed by atoms with Crippen LogP contribution in [0.1, 0.15) is 0 Å². The molecule has 78 valence electrons. The molecule has 0 saturated carbocycles. The fraction of sp³-hybridized carbons (Fsp3) is 0.333. The third-order valence-corrected chi connectivity index (χ3v) is 3.94. The van der Waals surface area contributed by atoms with Gasteiger partial charge in [0.05, 0.1) is 5.69 Å². The number of nitrogens with one attached hydrogen (secondary N) is 1. The minimum absolute atomic E-state index is 0.972. The van der Waals surface area contributed by atoms with Gasteiger partial charge in [-0.3, -0.25) is 0 Å². The summed E-state index contributed by atoms with van der Waals surface area (Å²) in [5.74, 6) is 1.11. The van der Waals surface area contributed by atoms with E-state index in [4.69, 9.17) is 0 Å². The molecule has 1 aromatic rings. The highest BCUT2D eigenvalue weighted by molar-refractivity contribution is 9.11. The van der Waals surface area contributed by atoms with Crippen molar-refractivity contribution >= 4 is 65.2 Å². The van der Waals surface area contributed by atoms with E-state index in [1.165, 1.54) is 0 Å². The van der Waals surface area contributed by atoms with Crippen LogP contribution in [0.3, 0.4) is 0 Å². The smallest absolute Gasteiger partial charge is 0.0630 e. The van der Waals surface area contributed by atoms with E-state index in [-0.39, 0.29) is 0 Å². The summed E-state index contributed by atoms with van der Waals surface area (Å²) in [5.41, 5.74) is 1.11. The molecule has 0 aliphatic carbocycles. The molecule has 0 aliphatic heterocycles. The van der Waals surface area contributed by atoms with Crippen LogP contribution >= 0.6 is 59.6 Å². The van der Waals surface area contributed by atoms with E-state index in [9.17, 15) is 0 Å².